The highest BCUT2D eigenvalue weighted by molar-refractivity contribution is 5.76. The highest BCUT2D eigenvalue weighted by atomic mass is 16.7. The molecular formula is C73H133NO10. The third-order valence-electron chi connectivity index (χ3n) is 16.6. The second-order valence-corrected chi connectivity index (χ2v) is 24.6. The van der Waals surface area contributed by atoms with Crippen molar-refractivity contribution in [3.8, 4) is 0 Å². The minimum atomic E-state index is -1.58. The second kappa shape index (κ2) is 62.0. The Hall–Kier alpha value is -2.64. The van der Waals surface area contributed by atoms with Crippen LogP contribution < -0.4 is 5.32 Å². The van der Waals surface area contributed by atoms with Crippen molar-refractivity contribution in [3.05, 3.63) is 60.8 Å². The summed E-state index contributed by atoms with van der Waals surface area (Å²) in [7, 11) is 0. The lowest BCUT2D eigenvalue weighted by Gasteiger charge is -2.40. The molecule has 6 N–H and O–H groups in total. The number of hydrogen-bond donors (Lipinski definition) is 6. The number of esters is 1. The Morgan fingerprint density at radius 1 is 0.452 bits per heavy atom. The Morgan fingerprint density at radius 2 is 0.821 bits per heavy atom. The van der Waals surface area contributed by atoms with Crippen molar-refractivity contribution >= 4 is 11.9 Å². The number of carbonyl (C=O) groups is 2. The van der Waals surface area contributed by atoms with E-state index >= 15 is 0 Å². The predicted octanol–water partition coefficient (Wildman–Crippen LogP) is 18.1. The Morgan fingerprint density at radius 3 is 1.25 bits per heavy atom. The molecule has 0 bridgehead atoms. The van der Waals surface area contributed by atoms with E-state index in [1.54, 1.807) is 6.08 Å². The first-order valence-corrected chi connectivity index (χ1v) is 35.5. The maximum absolute atomic E-state index is 13.0. The fourth-order valence-electron chi connectivity index (χ4n) is 11.1. The maximum Gasteiger partial charge on any atom is 0.305 e. The lowest BCUT2D eigenvalue weighted by Crippen LogP contribution is -2.60. The number of allylic oxidation sites excluding steroid dienone is 9. The highest BCUT2D eigenvalue weighted by Crippen LogP contribution is 2.23. The van der Waals surface area contributed by atoms with Gasteiger partial charge in [0, 0.05) is 12.8 Å². The maximum atomic E-state index is 13.0. The summed E-state index contributed by atoms with van der Waals surface area (Å²) in [5.41, 5.74) is 0. The monoisotopic (exact) mass is 1180 g/mol. The van der Waals surface area contributed by atoms with Gasteiger partial charge in [0.25, 0.3) is 0 Å². The zero-order valence-electron chi connectivity index (χ0n) is 54.4. The van der Waals surface area contributed by atoms with Gasteiger partial charge < -0.3 is 45.1 Å². The van der Waals surface area contributed by atoms with E-state index in [-0.39, 0.29) is 18.5 Å². The molecule has 0 radical (unpaired) electrons. The Balaban J connectivity index is 1.91. The van der Waals surface area contributed by atoms with Crippen molar-refractivity contribution in [1.29, 1.82) is 0 Å². The van der Waals surface area contributed by atoms with Gasteiger partial charge >= 0.3 is 5.97 Å². The SMILES string of the molecule is C/C=C/CC/C=C/CC/C=C/C(O)C(COC1OC(CO)C(O)C(O)C1O)NC(=O)CCCCCCCCCCCCCCCC/C=C\CCCCCCCCCCCCCCOC(=O)CCCCCCCCC/C=C\CCCCCCCC. The van der Waals surface area contributed by atoms with E-state index in [1.807, 2.05) is 19.1 Å². The molecule has 0 spiro atoms. The van der Waals surface area contributed by atoms with Crippen molar-refractivity contribution < 1.29 is 49.3 Å². The van der Waals surface area contributed by atoms with Crippen molar-refractivity contribution in [3.63, 3.8) is 0 Å². The Labute approximate surface area is 516 Å². The summed E-state index contributed by atoms with van der Waals surface area (Å²) in [6, 6.07) is -0.833. The summed E-state index contributed by atoms with van der Waals surface area (Å²) in [4.78, 5) is 25.1. The van der Waals surface area contributed by atoms with Crippen molar-refractivity contribution in [2.24, 2.45) is 0 Å². The topological polar surface area (TPSA) is 175 Å². The van der Waals surface area contributed by atoms with Gasteiger partial charge in [-0.3, -0.25) is 9.59 Å². The number of rotatable bonds is 62. The van der Waals surface area contributed by atoms with Crippen molar-refractivity contribution in [2.45, 2.75) is 371 Å². The fourth-order valence-corrected chi connectivity index (χ4v) is 11.1. The second-order valence-electron chi connectivity index (χ2n) is 24.6. The lowest BCUT2D eigenvalue weighted by atomic mass is 9.99. The molecule has 1 saturated heterocycles. The summed E-state index contributed by atoms with van der Waals surface area (Å²) in [6.45, 7) is 4.11. The summed E-state index contributed by atoms with van der Waals surface area (Å²) in [5, 5.41) is 54.2. The molecule has 84 heavy (non-hydrogen) atoms. The van der Waals surface area contributed by atoms with E-state index in [0.29, 0.717) is 19.4 Å². The zero-order valence-corrected chi connectivity index (χ0v) is 54.4. The molecule has 11 heteroatoms. The number of unbranched alkanes of at least 4 members (excludes halogenated alkanes) is 41. The number of aliphatic hydroxyl groups excluding tert-OH is 5. The molecule has 0 saturated carbocycles. The Bertz CT molecular complexity index is 1580. The van der Waals surface area contributed by atoms with Crippen LogP contribution in [0.4, 0.5) is 0 Å². The van der Waals surface area contributed by atoms with Crippen LogP contribution in [-0.4, -0.2) is 100 Å². The smallest absolute Gasteiger partial charge is 0.305 e. The Kier molecular flexibility index (Phi) is 58.6. The molecule has 7 atom stereocenters. The average Bonchev–Trinajstić information content (AvgIpc) is 3.60. The third-order valence-corrected chi connectivity index (χ3v) is 16.6. The van der Waals surface area contributed by atoms with Crippen LogP contribution in [-0.2, 0) is 23.8 Å². The highest BCUT2D eigenvalue weighted by Gasteiger charge is 2.44. The van der Waals surface area contributed by atoms with Crippen LogP contribution in [0.2, 0.25) is 0 Å². The molecule has 1 aliphatic heterocycles. The minimum absolute atomic E-state index is 0.00483. The average molecular weight is 1180 g/mol. The molecule has 0 aromatic heterocycles. The zero-order chi connectivity index (χ0) is 60.9. The first-order valence-electron chi connectivity index (χ1n) is 35.5. The van der Waals surface area contributed by atoms with Gasteiger partial charge in [-0.2, -0.15) is 0 Å². The molecule has 7 unspecified atom stereocenters. The number of hydrogen-bond acceptors (Lipinski definition) is 10. The van der Waals surface area contributed by atoms with Gasteiger partial charge in [-0.05, 0) is 103 Å². The fraction of sp³-hybridized carbons (Fsp3) is 0.836. The molecule has 1 rings (SSSR count). The number of aliphatic hydroxyl groups is 5. The molecule has 0 aromatic carbocycles. The van der Waals surface area contributed by atoms with Crippen LogP contribution in [0.5, 0.6) is 0 Å². The van der Waals surface area contributed by atoms with E-state index in [4.69, 9.17) is 14.2 Å². The minimum Gasteiger partial charge on any atom is -0.466 e. The van der Waals surface area contributed by atoms with Gasteiger partial charge in [-0.1, -0.05) is 273 Å². The summed E-state index contributed by atoms with van der Waals surface area (Å²) < 4.78 is 16.7. The van der Waals surface area contributed by atoms with E-state index in [1.165, 1.54) is 238 Å². The molecular weight excluding hydrogens is 1050 g/mol. The quantitative estimate of drug-likeness (QED) is 0.0195. The predicted molar refractivity (Wildman–Crippen MR) is 352 cm³/mol. The van der Waals surface area contributed by atoms with Crippen LogP contribution in [0, 0.1) is 0 Å². The number of carbonyl (C=O) groups excluding carboxylic acids is 2. The van der Waals surface area contributed by atoms with E-state index in [2.05, 4.69) is 54.8 Å². The molecule has 0 aliphatic carbocycles. The van der Waals surface area contributed by atoms with Gasteiger partial charge in [0.1, 0.15) is 24.4 Å². The van der Waals surface area contributed by atoms with E-state index < -0.39 is 49.5 Å². The molecule has 0 aromatic rings. The summed E-state index contributed by atoms with van der Waals surface area (Å²) in [5.74, 6) is -0.193. The number of nitrogens with one attached hydrogen (secondary N) is 1. The van der Waals surface area contributed by atoms with Crippen LogP contribution >= 0.6 is 0 Å². The van der Waals surface area contributed by atoms with Crippen LogP contribution in [0.15, 0.2) is 60.8 Å². The molecule has 1 fully saturated rings. The van der Waals surface area contributed by atoms with Crippen molar-refractivity contribution in [2.75, 3.05) is 19.8 Å². The molecule has 490 valence electrons. The molecule has 1 amide bonds. The first kappa shape index (κ1) is 79.4. The molecule has 11 nitrogen and oxygen atoms in total. The van der Waals surface area contributed by atoms with Crippen LogP contribution in [0.25, 0.3) is 0 Å². The van der Waals surface area contributed by atoms with Crippen LogP contribution in [0.1, 0.15) is 328 Å². The van der Waals surface area contributed by atoms with Crippen molar-refractivity contribution in [1.82, 2.24) is 5.32 Å². The van der Waals surface area contributed by atoms with E-state index in [0.717, 1.165) is 64.2 Å². The molecule has 1 aliphatic rings. The summed E-state index contributed by atoms with van der Waals surface area (Å²) >= 11 is 0. The van der Waals surface area contributed by atoms with Gasteiger partial charge in [-0.15, -0.1) is 0 Å². The largest absolute Gasteiger partial charge is 0.466 e. The standard InChI is InChI=1S/C73H133NO10/c1-3-5-7-9-11-13-14-15-16-31-35-38-41-45-49-53-57-61-69(78)82-62-58-54-50-46-42-39-36-33-30-28-26-24-22-20-18-17-19-21-23-25-27-29-32-34-37-40-44-48-52-56-60-68(77)74-65(66(76)59-55-51-47-43-12-10-8-6-4-2)64-83-73-72(81)71(80)70(79)67(63-75)84-73/h4,6,12,15-16,18,20,43,55,59,65-67,70-73,75-76,79-81H,3,5,7-11,13-14,17,19,21-42,44-54,56-58,60-64H2,1-2H3,(H,74,77)/b6-4+,16-15-,20-18-,43-12+,59-55+. The molecule has 1 heterocycles. The van der Waals surface area contributed by atoms with Gasteiger partial charge in [0.05, 0.1) is 32.0 Å². The number of ether oxygens (including phenoxy) is 3. The van der Waals surface area contributed by atoms with Gasteiger partial charge in [0.15, 0.2) is 6.29 Å². The van der Waals surface area contributed by atoms with E-state index in [9.17, 15) is 35.1 Å². The first-order chi connectivity index (χ1) is 41.2. The van der Waals surface area contributed by atoms with Gasteiger partial charge in [-0.25, -0.2) is 0 Å². The summed E-state index contributed by atoms with van der Waals surface area (Å²) in [6.07, 6.45) is 72.6. The number of amides is 1. The van der Waals surface area contributed by atoms with Crippen LogP contribution in [0.3, 0.4) is 0 Å². The third kappa shape index (κ3) is 50.4. The van der Waals surface area contributed by atoms with Gasteiger partial charge in [0.2, 0.25) is 5.91 Å². The lowest BCUT2D eigenvalue weighted by molar-refractivity contribution is -0.302. The normalized spacial score (nSPS) is 18.4.